The van der Waals surface area contributed by atoms with Gasteiger partial charge in [-0.25, -0.2) is 0 Å². The number of benzene rings is 2. The summed E-state index contributed by atoms with van der Waals surface area (Å²) in [6.45, 7) is 2.68. The van der Waals surface area contributed by atoms with Gasteiger partial charge in [0.05, 0.1) is 0 Å². The van der Waals surface area contributed by atoms with Crippen molar-refractivity contribution in [3.05, 3.63) is 48.5 Å². The molecule has 0 saturated carbocycles. The molecule has 0 bridgehead atoms. The summed E-state index contributed by atoms with van der Waals surface area (Å²) in [5, 5.41) is 11.0. The molecule has 2 aromatic carbocycles. The Balaban J connectivity index is 2.41. The zero-order chi connectivity index (χ0) is 12.1. The van der Waals surface area contributed by atoms with E-state index in [0.29, 0.717) is 21.2 Å². The lowest BCUT2D eigenvalue weighted by Gasteiger charge is -2.10. The van der Waals surface area contributed by atoms with Gasteiger partial charge in [-0.2, -0.15) is 0 Å². The van der Waals surface area contributed by atoms with Crippen LogP contribution in [0.1, 0.15) is 6.92 Å². The lowest BCUT2D eigenvalue weighted by atomic mass is 10.0. The molecule has 2 rings (SSSR count). The Morgan fingerprint density at radius 1 is 1.00 bits per heavy atom. The normalized spacial score (nSPS) is 11.1. The minimum Gasteiger partial charge on any atom is -0.507 e. The average molecular weight is 246 g/mol. The van der Waals surface area contributed by atoms with Crippen molar-refractivity contribution in [1.29, 1.82) is 0 Å². The van der Waals surface area contributed by atoms with E-state index < -0.39 is 0 Å². The van der Waals surface area contributed by atoms with Gasteiger partial charge in [0.2, 0.25) is 0 Å². The Morgan fingerprint density at radius 2 is 1.65 bits per heavy atom. The predicted octanol–water partition coefficient (Wildman–Crippen LogP) is 3.31. The zero-order valence-corrected chi connectivity index (χ0v) is 10.7. The highest BCUT2D eigenvalue weighted by Crippen LogP contribution is 2.30. The van der Waals surface area contributed by atoms with E-state index >= 15 is 0 Å². The number of para-hydroxylation sites is 1. The Hall–Kier alpha value is -1.37. The van der Waals surface area contributed by atoms with Crippen LogP contribution in [0.4, 0.5) is 0 Å². The fourth-order valence-electron chi connectivity index (χ4n) is 1.66. The minimum absolute atomic E-state index is 0.307. The van der Waals surface area contributed by atoms with Crippen LogP contribution >= 0.6 is 8.81 Å². The summed E-state index contributed by atoms with van der Waals surface area (Å²) in [5.74, 6) is 0.307. The second-order valence-corrected chi connectivity index (χ2v) is 4.63. The van der Waals surface area contributed by atoms with Crippen LogP contribution in [0.25, 0.3) is 11.1 Å². The minimum atomic E-state index is 0.307. The van der Waals surface area contributed by atoms with Gasteiger partial charge < -0.3 is 9.63 Å². The molecule has 1 N–H and O–H groups in total. The van der Waals surface area contributed by atoms with Crippen LogP contribution in [-0.2, 0) is 4.52 Å². The van der Waals surface area contributed by atoms with E-state index in [1.807, 2.05) is 49.4 Å². The van der Waals surface area contributed by atoms with Crippen molar-refractivity contribution in [2.45, 2.75) is 6.92 Å². The molecule has 0 fully saturated rings. The van der Waals surface area contributed by atoms with E-state index in [1.54, 1.807) is 6.07 Å². The fraction of sp³-hybridized carbons (Fsp3) is 0.143. The number of hydrogen-bond acceptors (Lipinski definition) is 2. The molecule has 0 aliphatic heterocycles. The molecule has 17 heavy (non-hydrogen) atoms. The maximum atomic E-state index is 9.88. The summed E-state index contributed by atoms with van der Waals surface area (Å²) in [5.41, 5.74) is 1.90. The van der Waals surface area contributed by atoms with Gasteiger partial charge in [-0.05, 0) is 18.6 Å². The highest BCUT2D eigenvalue weighted by atomic mass is 31.1. The molecule has 88 valence electrons. The molecule has 1 unspecified atom stereocenters. The van der Waals surface area contributed by atoms with E-state index in [9.17, 15) is 5.11 Å². The van der Waals surface area contributed by atoms with Gasteiger partial charge in [0.1, 0.15) is 5.75 Å². The number of rotatable bonds is 4. The maximum absolute atomic E-state index is 9.88. The molecular weight excluding hydrogens is 231 g/mol. The van der Waals surface area contributed by atoms with Crippen LogP contribution in [0.5, 0.6) is 5.75 Å². The molecule has 2 aromatic rings. The van der Waals surface area contributed by atoms with E-state index in [-0.39, 0.29) is 0 Å². The first-order chi connectivity index (χ1) is 8.33. The molecule has 0 heterocycles. The van der Waals surface area contributed by atoms with Crippen LogP contribution in [-0.4, -0.2) is 11.7 Å². The first-order valence-electron chi connectivity index (χ1n) is 5.58. The molecule has 1 atom stereocenters. The number of phenols is 1. The highest BCUT2D eigenvalue weighted by molar-refractivity contribution is 7.42. The predicted molar refractivity (Wildman–Crippen MR) is 73.1 cm³/mol. The third kappa shape index (κ3) is 2.85. The summed E-state index contributed by atoms with van der Waals surface area (Å²) in [6.07, 6.45) is 0. The van der Waals surface area contributed by atoms with Crippen LogP contribution in [0.15, 0.2) is 48.5 Å². The molecule has 0 aliphatic carbocycles. The Morgan fingerprint density at radius 3 is 2.35 bits per heavy atom. The van der Waals surface area contributed by atoms with Gasteiger partial charge in [0, 0.05) is 26.3 Å². The Kier molecular flexibility index (Phi) is 4.13. The largest absolute Gasteiger partial charge is 0.507 e. The lowest BCUT2D eigenvalue weighted by Crippen LogP contribution is -2.00. The van der Waals surface area contributed by atoms with Gasteiger partial charge >= 0.3 is 0 Å². The van der Waals surface area contributed by atoms with Crippen molar-refractivity contribution < 1.29 is 9.63 Å². The molecule has 2 nitrogen and oxygen atoms in total. The quantitative estimate of drug-likeness (QED) is 0.838. The van der Waals surface area contributed by atoms with Gasteiger partial charge in [-0.1, -0.05) is 42.5 Å². The van der Waals surface area contributed by atoms with Gasteiger partial charge in [-0.15, -0.1) is 0 Å². The Labute approximate surface area is 103 Å². The van der Waals surface area contributed by atoms with Crippen LogP contribution in [0.3, 0.4) is 0 Å². The second-order valence-electron chi connectivity index (χ2n) is 3.60. The number of hydrogen-bond donors (Lipinski definition) is 1. The molecule has 0 radical (unpaired) electrons. The summed E-state index contributed by atoms with van der Waals surface area (Å²) < 4.78 is 5.47. The standard InChI is InChI=1S/C14H15O2P/c1-2-16-17-14-10-6-4-8-12(14)11-7-3-5-9-13(11)15/h3-10,15,17H,2H2,1H3. The van der Waals surface area contributed by atoms with E-state index in [1.165, 1.54) is 0 Å². The summed E-state index contributed by atoms with van der Waals surface area (Å²) in [6, 6.07) is 15.4. The van der Waals surface area contributed by atoms with Crippen LogP contribution in [0.2, 0.25) is 0 Å². The molecule has 0 aromatic heterocycles. The van der Waals surface area contributed by atoms with Crippen LogP contribution < -0.4 is 5.30 Å². The van der Waals surface area contributed by atoms with E-state index in [4.69, 9.17) is 4.52 Å². The van der Waals surface area contributed by atoms with Gasteiger partial charge in [0.15, 0.2) is 0 Å². The monoisotopic (exact) mass is 246 g/mol. The number of phenolic OH excluding ortho intramolecular Hbond substituents is 1. The highest BCUT2D eigenvalue weighted by Gasteiger charge is 2.08. The molecule has 0 saturated heterocycles. The van der Waals surface area contributed by atoms with Crippen molar-refractivity contribution in [3.63, 3.8) is 0 Å². The van der Waals surface area contributed by atoms with Gasteiger partial charge in [0.25, 0.3) is 0 Å². The summed E-state index contributed by atoms with van der Waals surface area (Å²) >= 11 is 0. The smallest absolute Gasteiger partial charge is 0.123 e. The molecule has 0 aliphatic rings. The SMILES string of the molecule is CCOPc1ccccc1-c1ccccc1O. The second kappa shape index (κ2) is 5.81. The van der Waals surface area contributed by atoms with Crippen molar-refractivity contribution in [2.75, 3.05) is 6.61 Å². The van der Waals surface area contributed by atoms with Crippen LogP contribution in [0, 0.1) is 0 Å². The molecule has 0 amide bonds. The third-order valence-corrected chi connectivity index (χ3v) is 3.54. The summed E-state index contributed by atoms with van der Waals surface area (Å²) in [4.78, 5) is 0. The average Bonchev–Trinajstić information content (AvgIpc) is 2.37. The van der Waals surface area contributed by atoms with Gasteiger partial charge in [-0.3, -0.25) is 0 Å². The van der Waals surface area contributed by atoms with Crippen molar-refractivity contribution >= 4 is 14.1 Å². The fourth-order valence-corrected chi connectivity index (χ4v) is 2.45. The van der Waals surface area contributed by atoms with E-state index in [0.717, 1.165) is 16.4 Å². The van der Waals surface area contributed by atoms with Crippen molar-refractivity contribution in [2.24, 2.45) is 0 Å². The summed E-state index contributed by atoms with van der Waals surface area (Å²) in [7, 11) is 0.314. The van der Waals surface area contributed by atoms with Crippen molar-refractivity contribution in [1.82, 2.24) is 0 Å². The first-order valence-corrected chi connectivity index (χ1v) is 6.49. The zero-order valence-electron chi connectivity index (χ0n) is 9.68. The van der Waals surface area contributed by atoms with Crippen molar-refractivity contribution in [3.8, 4) is 16.9 Å². The molecule has 0 spiro atoms. The van der Waals surface area contributed by atoms with E-state index in [2.05, 4.69) is 0 Å². The third-order valence-electron chi connectivity index (χ3n) is 2.45. The Bertz CT molecular complexity index is 497. The molecule has 3 heteroatoms. The number of aromatic hydroxyl groups is 1. The first kappa shape index (κ1) is 12.1. The maximum Gasteiger partial charge on any atom is 0.123 e. The topological polar surface area (TPSA) is 29.5 Å². The molecular formula is C14H15O2P. The lowest BCUT2D eigenvalue weighted by molar-refractivity contribution is 0.394.